The van der Waals surface area contributed by atoms with Gasteiger partial charge in [0.05, 0.1) is 26.0 Å². The van der Waals surface area contributed by atoms with Crippen LogP contribution in [0, 0.1) is 0 Å². The molecule has 4 aliphatic rings. The van der Waals surface area contributed by atoms with Crippen LogP contribution in [-0.2, 0) is 17.8 Å². The number of rotatable bonds is 7. The van der Waals surface area contributed by atoms with Crippen LogP contribution in [0.4, 0.5) is 5.69 Å². The highest BCUT2D eigenvalue weighted by Gasteiger charge is 2.30. The molecule has 1 unspecified atom stereocenters. The third-order valence-corrected chi connectivity index (χ3v) is 9.01. The molecule has 4 heterocycles. The monoisotopic (exact) mass is 553 g/mol. The summed E-state index contributed by atoms with van der Waals surface area (Å²) in [4.78, 5) is 7.92. The first-order valence-corrected chi connectivity index (χ1v) is 14.5. The molecule has 39 heavy (non-hydrogen) atoms. The van der Waals surface area contributed by atoms with Crippen molar-refractivity contribution in [2.75, 3.05) is 65.0 Å². The summed E-state index contributed by atoms with van der Waals surface area (Å²) in [6, 6.07) is 16.9. The van der Waals surface area contributed by atoms with Crippen LogP contribution in [0.25, 0.3) is 0 Å². The van der Waals surface area contributed by atoms with E-state index in [1.165, 1.54) is 61.3 Å². The van der Waals surface area contributed by atoms with Gasteiger partial charge in [-0.05, 0) is 73.7 Å². The molecular formula is C31H44ClN5O2. The standard InChI is InChI=1S/C31H43N5O2.ClH/c1-37-23-31-30-11-10-29(38-2)19-25(30)21-36(32-31)27-12-15-33(16-13-27)20-24-6-8-26(9-7-24)35-18-17-34-14-4-3-5-28(34)22-35;/h6-11,19,27-28H,3-5,12-18,20-23H2,1-2H3;1H. The van der Waals surface area contributed by atoms with Gasteiger partial charge in [-0.2, -0.15) is 5.10 Å². The Kier molecular flexibility index (Phi) is 9.33. The number of nitrogens with zero attached hydrogens (tertiary/aromatic N) is 5. The average Bonchev–Trinajstić information content (AvgIpc) is 2.97. The van der Waals surface area contributed by atoms with Crippen LogP contribution in [-0.4, -0.2) is 92.7 Å². The van der Waals surface area contributed by atoms with Gasteiger partial charge >= 0.3 is 0 Å². The summed E-state index contributed by atoms with van der Waals surface area (Å²) < 4.78 is 11.0. The number of hydrazone groups is 1. The number of methoxy groups -OCH3 is 2. The Hall–Kier alpha value is -2.32. The molecule has 1 atom stereocenters. The molecule has 0 aromatic heterocycles. The highest BCUT2D eigenvalue weighted by Crippen LogP contribution is 2.29. The lowest BCUT2D eigenvalue weighted by atomic mass is 9.98. The predicted octanol–water partition coefficient (Wildman–Crippen LogP) is 4.62. The Morgan fingerprint density at radius 2 is 1.69 bits per heavy atom. The fourth-order valence-corrected chi connectivity index (χ4v) is 6.82. The van der Waals surface area contributed by atoms with Gasteiger partial charge in [0.2, 0.25) is 0 Å². The van der Waals surface area contributed by atoms with Crippen molar-refractivity contribution < 1.29 is 9.47 Å². The van der Waals surface area contributed by atoms with Crippen LogP contribution < -0.4 is 9.64 Å². The van der Waals surface area contributed by atoms with E-state index in [0.29, 0.717) is 12.6 Å². The predicted molar refractivity (Wildman–Crippen MR) is 160 cm³/mol. The molecule has 212 valence electrons. The topological polar surface area (TPSA) is 43.8 Å². The molecule has 0 bridgehead atoms. The van der Waals surface area contributed by atoms with E-state index in [4.69, 9.17) is 14.6 Å². The maximum absolute atomic E-state index is 5.49. The van der Waals surface area contributed by atoms with E-state index >= 15 is 0 Å². The molecular weight excluding hydrogens is 510 g/mol. The van der Waals surface area contributed by atoms with E-state index in [9.17, 15) is 0 Å². The summed E-state index contributed by atoms with van der Waals surface area (Å²) in [6.07, 6.45) is 6.40. The van der Waals surface area contributed by atoms with Crippen LogP contribution in [0.15, 0.2) is 47.6 Å². The van der Waals surface area contributed by atoms with Crippen molar-refractivity contribution in [2.45, 2.75) is 57.3 Å². The number of benzene rings is 2. The van der Waals surface area contributed by atoms with Crippen molar-refractivity contribution in [3.05, 3.63) is 59.2 Å². The molecule has 2 aromatic rings. The second kappa shape index (κ2) is 12.9. The number of likely N-dealkylation sites (tertiary alicyclic amines) is 1. The quantitative estimate of drug-likeness (QED) is 0.498. The third kappa shape index (κ3) is 6.37. The van der Waals surface area contributed by atoms with Crippen molar-refractivity contribution in [1.82, 2.24) is 14.8 Å². The average molecular weight is 554 g/mol. The fraction of sp³-hybridized carbons (Fsp3) is 0.581. The van der Waals surface area contributed by atoms with Crippen LogP contribution >= 0.6 is 12.4 Å². The van der Waals surface area contributed by atoms with Gasteiger partial charge in [0.25, 0.3) is 0 Å². The van der Waals surface area contributed by atoms with Gasteiger partial charge in [0.15, 0.2) is 0 Å². The largest absolute Gasteiger partial charge is 0.497 e. The van der Waals surface area contributed by atoms with Crippen molar-refractivity contribution in [3.63, 3.8) is 0 Å². The summed E-state index contributed by atoms with van der Waals surface area (Å²) >= 11 is 0. The lowest BCUT2D eigenvalue weighted by molar-refractivity contribution is 0.0989. The Morgan fingerprint density at radius 3 is 2.46 bits per heavy atom. The SMILES string of the molecule is COCC1=NN(C2CCN(Cc3ccc(N4CCN5CCCCC5C4)cc3)CC2)Cc2cc(OC)ccc21.Cl. The van der Waals surface area contributed by atoms with Crippen molar-refractivity contribution >= 4 is 23.8 Å². The minimum atomic E-state index is 0. The van der Waals surface area contributed by atoms with E-state index in [1.807, 2.05) is 6.07 Å². The molecule has 4 aliphatic heterocycles. The Balaban J connectivity index is 0.00000308. The summed E-state index contributed by atoms with van der Waals surface area (Å²) in [7, 11) is 3.47. The lowest BCUT2D eigenvalue weighted by Gasteiger charge is -2.45. The third-order valence-electron chi connectivity index (χ3n) is 9.01. The maximum atomic E-state index is 5.49. The van der Waals surface area contributed by atoms with E-state index in [1.54, 1.807) is 14.2 Å². The zero-order valence-corrected chi connectivity index (χ0v) is 24.4. The highest BCUT2D eigenvalue weighted by atomic mass is 35.5. The Morgan fingerprint density at radius 1 is 0.872 bits per heavy atom. The molecule has 0 aliphatic carbocycles. The van der Waals surface area contributed by atoms with Gasteiger partial charge in [0.1, 0.15) is 5.75 Å². The fourth-order valence-electron chi connectivity index (χ4n) is 6.82. The zero-order valence-electron chi connectivity index (χ0n) is 23.6. The smallest absolute Gasteiger partial charge is 0.119 e. The lowest BCUT2D eigenvalue weighted by Crippen LogP contribution is -2.54. The number of fused-ring (bicyclic) bond motifs is 2. The Bertz CT molecular complexity index is 1120. The number of halogens is 1. The van der Waals surface area contributed by atoms with Gasteiger partial charge in [-0.1, -0.05) is 18.6 Å². The van der Waals surface area contributed by atoms with Gasteiger partial charge in [0, 0.05) is 69.7 Å². The van der Waals surface area contributed by atoms with Crippen molar-refractivity contribution in [2.24, 2.45) is 5.10 Å². The van der Waals surface area contributed by atoms with Crippen LogP contribution in [0.5, 0.6) is 5.75 Å². The summed E-state index contributed by atoms with van der Waals surface area (Å²) in [6.45, 7) is 9.47. The minimum absolute atomic E-state index is 0. The van der Waals surface area contributed by atoms with E-state index in [0.717, 1.165) is 63.1 Å². The Labute approximate surface area is 240 Å². The number of hydrogen-bond donors (Lipinski definition) is 0. The first-order valence-electron chi connectivity index (χ1n) is 14.5. The van der Waals surface area contributed by atoms with Gasteiger partial charge in [-0.15, -0.1) is 12.4 Å². The first-order chi connectivity index (χ1) is 18.7. The molecule has 0 radical (unpaired) electrons. The summed E-state index contributed by atoms with van der Waals surface area (Å²) in [5.74, 6) is 0.902. The molecule has 3 saturated heterocycles. The zero-order chi connectivity index (χ0) is 25.9. The number of anilines is 1. The summed E-state index contributed by atoms with van der Waals surface area (Å²) in [5, 5.41) is 7.34. The number of ether oxygens (including phenoxy) is 2. The number of piperidine rings is 2. The molecule has 8 heteroatoms. The summed E-state index contributed by atoms with van der Waals surface area (Å²) in [5.41, 5.74) is 6.29. The second-order valence-corrected chi connectivity index (χ2v) is 11.4. The van der Waals surface area contributed by atoms with Gasteiger partial charge in [-0.3, -0.25) is 14.8 Å². The first kappa shape index (κ1) is 28.2. The number of piperazine rings is 1. The molecule has 2 aromatic carbocycles. The maximum Gasteiger partial charge on any atom is 0.119 e. The van der Waals surface area contributed by atoms with Gasteiger partial charge < -0.3 is 14.4 Å². The van der Waals surface area contributed by atoms with Crippen LogP contribution in [0.3, 0.4) is 0 Å². The van der Waals surface area contributed by atoms with E-state index in [-0.39, 0.29) is 12.4 Å². The normalized spacial score (nSPS) is 22.5. The second-order valence-electron chi connectivity index (χ2n) is 11.4. The molecule has 7 nitrogen and oxygen atoms in total. The van der Waals surface area contributed by atoms with Crippen molar-refractivity contribution in [1.29, 1.82) is 0 Å². The van der Waals surface area contributed by atoms with E-state index < -0.39 is 0 Å². The minimum Gasteiger partial charge on any atom is -0.497 e. The van der Waals surface area contributed by atoms with Crippen LogP contribution in [0.1, 0.15) is 48.8 Å². The molecule has 0 saturated carbocycles. The van der Waals surface area contributed by atoms with Crippen molar-refractivity contribution in [3.8, 4) is 5.75 Å². The van der Waals surface area contributed by atoms with Crippen LogP contribution in [0.2, 0.25) is 0 Å². The number of hydrogen-bond acceptors (Lipinski definition) is 7. The highest BCUT2D eigenvalue weighted by molar-refractivity contribution is 6.03. The molecule has 0 amide bonds. The van der Waals surface area contributed by atoms with E-state index in [2.05, 4.69) is 56.1 Å². The molecule has 6 rings (SSSR count). The molecule has 3 fully saturated rings. The van der Waals surface area contributed by atoms with Gasteiger partial charge in [-0.25, -0.2) is 0 Å². The molecule has 0 spiro atoms. The molecule has 0 N–H and O–H groups in total.